The van der Waals surface area contributed by atoms with Crippen LogP contribution in [0.25, 0.3) is 0 Å². The Kier molecular flexibility index (Phi) is 11.0. The molecule has 30 heavy (non-hydrogen) atoms. The lowest BCUT2D eigenvalue weighted by Gasteiger charge is -2.26. The summed E-state index contributed by atoms with van der Waals surface area (Å²) in [5, 5.41) is 6.72. The van der Waals surface area contributed by atoms with Crippen molar-refractivity contribution < 1.29 is 9.47 Å². The maximum Gasteiger partial charge on any atom is 0.191 e. The van der Waals surface area contributed by atoms with Gasteiger partial charge in [0.05, 0.1) is 26.9 Å². The number of guanidine groups is 1. The van der Waals surface area contributed by atoms with Gasteiger partial charge in [-0.2, -0.15) is 0 Å². The van der Waals surface area contributed by atoms with Gasteiger partial charge in [0, 0.05) is 32.7 Å². The SMILES string of the molecule is CCNC(=NCc1ccc(OC)cc1)NCc1ccc(CN2CCOCC2)cc1.I. The fourth-order valence-corrected chi connectivity index (χ4v) is 3.21. The minimum Gasteiger partial charge on any atom is -0.497 e. The Hall–Kier alpha value is -1.84. The second kappa shape index (κ2) is 13.5. The van der Waals surface area contributed by atoms with Crippen molar-refractivity contribution >= 4 is 29.9 Å². The van der Waals surface area contributed by atoms with E-state index >= 15 is 0 Å². The van der Waals surface area contributed by atoms with Crippen molar-refractivity contribution in [3.63, 3.8) is 0 Å². The number of nitrogens with one attached hydrogen (secondary N) is 2. The lowest BCUT2D eigenvalue weighted by molar-refractivity contribution is 0.0342. The normalized spacial score (nSPS) is 14.7. The van der Waals surface area contributed by atoms with Gasteiger partial charge < -0.3 is 20.1 Å². The van der Waals surface area contributed by atoms with Gasteiger partial charge >= 0.3 is 0 Å². The largest absolute Gasteiger partial charge is 0.497 e. The fourth-order valence-electron chi connectivity index (χ4n) is 3.21. The number of halogens is 1. The third-order valence-electron chi connectivity index (χ3n) is 4.92. The lowest BCUT2D eigenvalue weighted by atomic mass is 10.1. The molecule has 3 rings (SSSR count). The summed E-state index contributed by atoms with van der Waals surface area (Å²) in [6, 6.07) is 16.8. The van der Waals surface area contributed by atoms with Crippen LogP contribution in [-0.2, 0) is 24.4 Å². The molecule has 0 atom stereocenters. The van der Waals surface area contributed by atoms with Crippen molar-refractivity contribution in [1.29, 1.82) is 0 Å². The topological polar surface area (TPSA) is 58.1 Å². The Morgan fingerprint density at radius 2 is 1.60 bits per heavy atom. The van der Waals surface area contributed by atoms with Crippen LogP contribution in [0.15, 0.2) is 53.5 Å². The highest BCUT2D eigenvalue weighted by Gasteiger charge is 2.10. The number of nitrogens with zero attached hydrogens (tertiary/aromatic N) is 2. The maximum atomic E-state index is 5.42. The van der Waals surface area contributed by atoms with Crippen molar-refractivity contribution in [2.45, 2.75) is 26.6 Å². The van der Waals surface area contributed by atoms with E-state index in [9.17, 15) is 0 Å². The van der Waals surface area contributed by atoms with Gasteiger partial charge in [-0.1, -0.05) is 36.4 Å². The molecule has 6 nitrogen and oxygen atoms in total. The number of hydrogen-bond acceptors (Lipinski definition) is 4. The zero-order valence-corrected chi connectivity index (χ0v) is 20.2. The van der Waals surface area contributed by atoms with Crippen LogP contribution in [0, 0.1) is 0 Å². The second-order valence-electron chi connectivity index (χ2n) is 7.10. The van der Waals surface area contributed by atoms with Crippen LogP contribution in [-0.4, -0.2) is 50.8 Å². The zero-order chi connectivity index (χ0) is 20.3. The third kappa shape index (κ3) is 8.12. The molecule has 0 aromatic heterocycles. The lowest BCUT2D eigenvalue weighted by Crippen LogP contribution is -2.36. The summed E-state index contributed by atoms with van der Waals surface area (Å²) < 4.78 is 10.6. The van der Waals surface area contributed by atoms with Gasteiger partial charge in [0.1, 0.15) is 5.75 Å². The van der Waals surface area contributed by atoms with Crippen LogP contribution < -0.4 is 15.4 Å². The van der Waals surface area contributed by atoms with Crippen LogP contribution in [0.5, 0.6) is 5.75 Å². The molecular formula is C23H33IN4O2. The van der Waals surface area contributed by atoms with Crippen LogP contribution in [0.3, 0.4) is 0 Å². The molecule has 0 bridgehead atoms. The molecule has 7 heteroatoms. The van der Waals surface area contributed by atoms with Crippen molar-refractivity contribution in [3.05, 3.63) is 65.2 Å². The molecule has 2 aromatic rings. The second-order valence-corrected chi connectivity index (χ2v) is 7.10. The number of hydrogen-bond donors (Lipinski definition) is 2. The first kappa shape index (κ1) is 24.4. The summed E-state index contributed by atoms with van der Waals surface area (Å²) in [6.45, 7) is 8.96. The van der Waals surface area contributed by atoms with Gasteiger partial charge in [0.15, 0.2) is 5.96 Å². The first-order valence-corrected chi connectivity index (χ1v) is 10.3. The number of ether oxygens (including phenoxy) is 2. The Balaban J connectivity index is 0.00000320. The molecule has 2 N–H and O–H groups in total. The van der Waals surface area contributed by atoms with Crippen LogP contribution >= 0.6 is 24.0 Å². The molecule has 1 fully saturated rings. The smallest absolute Gasteiger partial charge is 0.191 e. The summed E-state index contributed by atoms with van der Waals surface area (Å²) in [5.41, 5.74) is 3.73. The Bertz CT molecular complexity index is 760. The predicted molar refractivity (Wildman–Crippen MR) is 133 cm³/mol. The number of rotatable bonds is 8. The minimum absolute atomic E-state index is 0. The molecule has 0 spiro atoms. The van der Waals surface area contributed by atoms with Gasteiger partial charge in [-0.15, -0.1) is 24.0 Å². The molecule has 0 radical (unpaired) electrons. The van der Waals surface area contributed by atoms with E-state index in [0.717, 1.165) is 63.2 Å². The Morgan fingerprint density at radius 1 is 0.967 bits per heavy atom. The van der Waals surface area contributed by atoms with Gasteiger partial charge in [0.2, 0.25) is 0 Å². The first-order valence-electron chi connectivity index (χ1n) is 10.3. The summed E-state index contributed by atoms with van der Waals surface area (Å²) in [5.74, 6) is 1.68. The number of benzene rings is 2. The molecule has 1 heterocycles. The monoisotopic (exact) mass is 524 g/mol. The summed E-state index contributed by atoms with van der Waals surface area (Å²) in [7, 11) is 1.68. The molecule has 1 aliphatic rings. The number of aliphatic imine (C=N–C) groups is 1. The molecule has 1 aliphatic heterocycles. The van der Waals surface area contributed by atoms with Crippen molar-refractivity contribution in [2.75, 3.05) is 40.0 Å². The van der Waals surface area contributed by atoms with E-state index in [4.69, 9.17) is 9.47 Å². The van der Waals surface area contributed by atoms with Crippen molar-refractivity contribution in [1.82, 2.24) is 15.5 Å². The first-order chi connectivity index (χ1) is 14.3. The predicted octanol–water partition coefficient (Wildman–Crippen LogP) is 3.40. The maximum absolute atomic E-state index is 5.42. The van der Waals surface area contributed by atoms with E-state index in [1.54, 1.807) is 7.11 Å². The highest BCUT2D eigenvalue weighted by molar-refractivity contribution is 14.0. The number of methoxy groups -OCH3 is 1. The molecule has 2 aromatic carbocycles. The van der Waals surface area contributed by atoms with Gasteiger partial charge in [-0.3, -0.25) is 4.90 Å². The van der Waals surface area contributed by atoms with Crippen LogP contribution in [0.4, 0.5) is 0 Å². The minimum atomic E-state index is 0. The van der Waals surface area contributed by atoms with Gasteiger partial charge in [-0.25, -0.2) is 4.99 Å². The Labute approximate surface area is 197 Å². The third-order valence-corrected chi connectivity index (χ3v) is 4.92. The Morgan fingerprint density at radius 3 is 2.23 bits per heavy atom. The average Bonchev–Trinajstić information content (AvgIpc) is 2.78. The van der Waals surface area contributed by atoms with E-state index in [2.05, 4.69) is 51.7 Å². The van der Waals surface area contributed by atoms with Crippen molar-refractivity contribution in [3.8, 4) is 5.75 Å². The van der Waals surface area contributed by atoms with Gasteiger partial charge in [0.25, 0.3) is 0 Å². The highest BCUT2D eigenvalue weighted by Crippen LogP contribution is 2.12. The summed E-state index contributed by atoms with van der Waals surface area (Å²) in [4.78, 5) is 7.12. The molecule has 1 saturated heterocycles. The molecule has 164 valence electrons. The molecule has 0 amide bonds. The summed E-state index contributed by atoms with van der Waals surface area (Å²) >= 11 is 0. The van der Waals surface area contributed by atoms with Crippen LogP contribution in [0.2, 0.25) is 0 Å². The van der Waals surface area contributed by atoms with Crippen molar-refractivity contribution in [2.24, 2.45) is 4.99 Å². The van der Waals surface area contributed by atoms with E-state index in [0.29, 0.717) is 6.54 Å². The molecular weight excluding hydrogens is 491 g/mol. The van der Waals surface area contributed by atoms with E-state index < -0.39 is 0 Å². The standard InChI is InChI=1S/C23H32N4O2.HI/c1-3-24-23(26-17-20-8-10-22(28-2)11-9-20)25-16-19-4-6-21(7-5-19)18-27-12-14-29-15-13-27;/h4-11H,3,12-18H2,1-2H3,(H2,24,25,26);1H. The van der Waals surface area contributed by atoms with E-state index in [1.165, 1.54) is 11.1 Å². The van der Waals surface area contributed by atoms with Crippen LogP contribution in [0.1, 0.15) is 23.6 Å². The molecule has 0 aliphatic carbocycles. The van der Waals surface area contributed by atoms with E-state index in [1.807, 2.05) is 24.3 Å². The van der Waals surface area contributed by atoms with Gasteiger partial charge in [-0.05, 0) is 35.7 Å². The van der Waals surface area contributed by atoms with E-state index in [-0.39, 0.29) is 24.0 Å². The quantitative estimate of drug-likeness (QED) is 0.315. The fraction of sp³-hybridized carbons (Fsp3) is 0.435. The zero-order valence-electron chi connectivity index (χ0n) is 17.9. The highest BCUT2D eigenvalue weighted by atomic mass is 127. The summed E-state index contributed by atoms with van der Waals surface area (Å²) in [6.07, 6.45) is 0. The average molecular weight is 524 g/mol. The molecule has 0 unspecified atom stereocenters. The molecule has 0 saturated carbocycles. The number of morpholine rings is 1.